The Kier molecular flexibility index (Phi) is 4.39. The van der Waals surface area contributed by atoms with Crippen LogP contribution in [-0.4, -0.2) is 8.42 Å². The molecule has 0 amide bonds. The van der Waals surface area contributed by atoms with E-state index in [2.05, 4.69) is 11.6 Å². The van der Waals surface area contributed by atoms with Gasteiger partial charge in [-0.25, -0.2) is 13.1 Å². The highest BCUT2D eigenvalue weighted by Gasteiger charge is 2.16. The molecule has 0 bridgehead atoms. The number of hydrogen-bond acceptors (Lipinski definition) is 3. The SMILES string of the molecule is CCc1ccsc1CNS(=O)(=O)c1ccccc1C. The summed E-state index contributed by atoms with van der Waals surface area (Å²) in [6, 6.07) is 9.05. The molecule has 0 aliphatic heterocycles. The molecule has 0 aliphatic rings. The standard InChI is InChI=1S/C14H17NO2S2/c1-3-12-8-9-18-13(12)10-15-19(16,17)14-7-5-4-6-11(14)2/h4-9,15H,3,10H2,1-2H3. The highest BCUT2D eigenvalue weighted by atomic mass is 32.2. The van der Waals surface area contributed by atoms with E-state index >= 15 is 0 Å². The van der Waals surface area contributed by atoms with Crippen LogP contribution in [0.4, 0.5) is 0 Å². The van der Waals surface area contributed by atoms with Gasteiger partial charge < -0.3 is 0 Å². The van der Waals surface area contributed by atoms with Crippen molar-refractivity contribution in [2.24, 2.45) is 0 Å². The molecular formula is C14H17NO2S2. The zero-order valence-electron chi connectivity index (χ0n) is 11.0. The fraction of sp³-hybridized carbons (Fsp3) is 0.286. The molecule has 0 radical (unpaired) electrons. The van der Waals surface area contributed by atoms with E-state index in [1.54, 1.807) is 36.5 Å². The van der Waals surface area contributed by atoms with E-state index in [0.717, 1.165) is 16.9 Å². The van der Waals surface area contributed by atoms with E-state index in [1.165, 1.54) is 5.56 Å². The van der Waals surface area contributed by atoms with E-state index in [0.29, 0.717) is 11.4 Å². The van der Waals surface area contributed by atoms with E-state index in [4.69, 9.17) is 0 Å². The molecule has 0 spiro atoms. The Morgan fingerprint density at radius 1 is 1.21 bits per heavy atom. The summed E-state index contributed by atoms with van der Waals surface area (Å²) in [4.78, 5) is 1.43. The number of hydrogen-bond donors (Lipinski definition) is 1. The molecule has 1 N–H and O–H groups in total. The Morgan fingerprint density at radius 2 is 1.95 bits per heavy atom. The molecule has 0 unspecified atom stereocenters. The first-order valence-corrected chi connectivity index (χ1v) is 8.51. The molecule has 102 valence electrons. The average Bonchev–Trinajstić information content (AvgIpc) is 2.84. The zero-order valence-corrected chi connectivity index (χ0v) is 12.6. The molecular weight excluding hydrogens is 278 g/mol. The molecule has 0 saturated carbocycles. The van der Waals surface area contributed by atoms with Gasteiger partial charge in [0.25, 0.3) is 0 Å². The van der Waals surface area contributed by atoms with E-state index in [9.17, 15) is 8.42 Å². The van der Waals surface area contributed by atoms with Crippen LogP contribution in [0, 0.1) is 6.92 Å². The van der Waals surface area contributed by atoms with Crippen LogP contribution in [0.3, 0.4) is 0 Å². The van der Waals surface area contributed by atoms with Gasteiger partial charge in [-0.2, -0.15) is 0 Å². The summed E-state index contributed by atoms with van der Waals surface area (Å²) >= 11 is 1.59. The number of benzene rings is 1. The van der Waals surface area contributed by atoms with Gasteiger partial charge in [0, 0.05) is 11.4 Å². The Morgan fingerprint density at radius 3 is 2.63 bits per heavy atom. The van der Waals surface area contributed by atoms with Crippen LogP contribution in [0.1, 0.15) is 22.9 Å². The smallest absolute Gasteiger partial charge is 0.207 e. The normalized spacial score (nSPS) is 11.7. The topological polar surface area (TPSA) is 46.2 Å². The Labute approximate surface area is 118 Å². The van der Waals surface area contributed by atoms with E-state index in [1.807, 2.05) is 17.5 Å². The molecule has 19 heavy (non-hydrogen) atoms. The van der Waals surface area contributed by atoms with Gasteiger partial charge in [0.2, 0.25) is 10.0 Å². The third-order valence-electron chi connectivity index (χ3n) is 3.02. The number of nitrogens with one attached hydrogen (secondary N) is 1. The van der Waals surface area contributed by atoms with Crippen molar-refractivity contribution < 1.29 is 8.42 Å². The number of rotatable bonds is 5. The van der Waals surface area contributed by atoms with Crippen LogP contribution in [0.15, 0.2) is 40.6 Å². The zero-order chi connectivity index (χ0) is 13.9. The summed E-state index contributed by atoms with van der Waals surface area (Å²) in [6.45, 7) is 4.23. The minimum absolute atomic E-state index is 0.351. The molecule has 0 fully saturated rings. The van der Waals surface area contributed by atoms with Crippen LogP contribution >= 0.6 is 11.3 Å². The quantitative estimate of drug-likeness (QED) is 0.921. The van der Waals surface area contributed by atoms with Crippen LogP contribution in [-0.2, 0) is 23.0 Å². The van der Waals surface area contributed by atoms with Crippen LogP contribution < -0.4 is 4.72 Å². The Balaban J connectivity index is 2.17. The number of aryl methyl sites for hydroxylation is 2. The van der Waals surface area contributed by atoms with E-state index in [-0.39, 0.29) is 0 Å². The van der Waals surface area contributed by atoms with Crippen molar-refractivity contribution >= 4 is 21.4 Å². The number of thiophene rings is 1. The molecule has 1 aromatic heterocycles. The van der Waals surface area contributed by atoms with Gasteiger partial charge in [0.15, 0.2) is 0 Å². The minimum Gasteiger partial charge on any atom is -0.207 e. The predicted molar refractivity (Wildman–Crippen MR) is 78.9 cm³/mol. The second-order valence-corrected chi connectivity index (χ2v) is 7.05. The molecule has 2 rings (SSSR count). The van der Waals surface area contributed by atoms with Gasteiger partial charge in [-0.15, -0.1) is 11.3 Å². The molecule has 0 atom stereocenters. The van der Waals surface area contributed by atoms with Crippen molar-refractivity contribution in [2.75, 3.05) is 0 Å². The Bertz CT molecular complexity index is 660. The van der Waals surface area contributed by atoms with Crippen molar-refractivity contribution in [3.05, 3.63) is 51.7 Å². The van der Waals surface area contributed by atoms with Gasteiger partial charge in [0.1, 0.15) is 0 Å². The van der Waals surface area contributed by atoms with Crippen molar-refractivity contribution in [1.82, 2.24) is 4.72 Å². The van der Waals surface area contributed by atoms with Crippen molar-refractivity contribution in [1.29, 1.82) is 0 Å². The fourth-order valence-corrected chi connectivity index (χ4v) is 4.18. The number of sulfonamides is 1. The van der Waals surface area contributed by atoms with Crippen molar-refractivity contribution in [3.63, 3.8) is 0 Å². The van der Waals surface area contributed by atoms with Crippen molar-refractivity contribution in [3.8, 4) is 0 Å². The van der Waals surface area contributed by atoms with Gasteiger partial charge in [-0.05, 0) is 42.0 Å². The summed E-state index contributed by atoms with van der Waals surface area (Å²) < 4.78 is 27.2. The minimum atomic E-state index is -3.44. The molecule has 1 heterocycles. The molecule has 0 aliphatic carbocycles. The third kappa shape index (κ3) is 3.23. The second kappa shape index (κ2) is 5.86. The molecule has 5 heteroatoms. The lowest BCUT2D eigenvalue weighted by Gasteiger charge is -2.09. The maximum absolute atomic E-state index is 12.2. The second-order valence-electron chi connectivity index (χ2n) is 4.31. The highest BCUT2D eigenvalue weighted by molar-refractivity contribution is 7.89. The summed E-state index contributed by atoms with van der Waals surface area (Å²) in [5.41, 5.74) is 1.97. The maximum Gasteiger partial charge on any atom is 0.241 e. The van der Waals surface area contributed by atoms with E-state index < -0.39 is 10.0 Å². The maximum atomic E-state index is 12.2. The first-order valence-electron chi connectivity index (χ1n) is 6.15. The lowest BCUT2D eigenvalue weighted by molar-refractivity contribution is 0.581. The fourth-order valence-electron chi connectivity index (χ4n) is 1.93. The monoisotopic (exact) mass is 295 g/mol. The third-order valence-corrected chi connectivity index (χ3v) is 5.55. The Hall–Kier alpha value is -1.17. The summed E-state index contributed by atoms with van der Waals surface area (Å²) in [5, 5.41) is 2.00. The molecule has 0 saturated heterocycles. The van der Waals surface area contributed by atoms with Gasteiger partial charge in [0.05, 0.1) is 4.90 Å². The van der Waals surface area contributed by atoms with Crippen LogP contribution in [0.2, 0.25) is 0 Å². The summed E-state index contributed by atoms with van der Waals surface area (Å²) in [7, 11) is -3.44. The predicted octanol–water partition coefficient (Wildman–Crippen LogP) is 3.10. The van der Waals surface area contributed by atoms with Gasteiger partial charge in [-0.1, -0.05) is 25.1 Å². The van der Waals surface area contributed by atoms with Gasteiger partial charge >= 0.3 is 0 Å². The van der Waals surface area contributed by atoms with Gasteiger partial charge in [-0.3, -0.25) is 0 Å². The molecule has 3 nitrogen and oxygen atoms in total. The highest BCUT2D eigenvalue weighted by Crippen LogP contribution is 2.19. The molecule has 2 aromatic rings. The first-order chi connectivity index (χ1) is 9.04. The summed E-state index contributed by atoms with van der Waals surface area (Å²) in [6.07, 6.45) is 0.922. The van der Waals surface area contributed by atoms with Crippen LogP contribution in [0.25, 0.3) is 0 Å². The lowest BCUT2D eigenvalue weighted by Crippen LogP contribution is -2.23. The average molecular weight is 295 g/mol. The largest absolute Gasteiger partial charge is 0.241 e. The molecule has 1 aromatic carbocycles. The lowest BCUT2D eigenvalue weighted by atomic mass is 10.2. The van der Waals surface area contributed by atoms with Crippen molar-refractivity contribution in [2.45, 2.75) is 31.7 Å². The summed E-state index contributed by atoms with van der Waals surface area (Å²) in [5.74, 6) is 0. The van der Waals surface area contributed by atoms with Crippen LogP contribution in [0.5, 0.6) is 0 Å². The first kappa shape index (κ1) is 14.2.